The van der Waals surface area contributed by atoms with Crippen LogP contribution in [-0.2, 0) is 6.54 Å². The van der Waals surface area contributed by atoms with Crippen LogP contribution in [0.15, 0.2) is 12.3 Å². The first-order chi connectivity index (χ1) is 8.13. The number of rotatable bonds is 6. The van der Waals surface area contributed by atoms with E-state index in [4.69, 9.17) is 12.2 Å². The summed E-state index contributed by atoms with van der Waals surface area (Å²) in [5, 5.41) is 11.4. The lowest BCUT2D eigenvalue weighted by atomic mass is 10.3. The van der Waals surface area contributed by atoms with Gasteiger partial charge in [0.15, 0.2) is 5.11 Å². The van der Waals surface area contributed by atoms with E-state index in [1.54, 1.807) is 0 Å². The second-order valence-electron chi connectivity index (χ2n) is 4.26. The van der Waals surface area contributed by atoms with Crippen molar-refractivity contribution >= 4 is 17.3 Å². The maximum atomic E-state index is 5.19. The van der Waals surface area contributed by atoms with E-state index in [2.05, 4.69) is 36.5 Å². The fourth-order valence-corrected chi connectivity index (χ4v) is 1.74. The van der Waals surface area contributed by atoms with Crippen LogP contribution in [0.2, 0.25) is 0 Å². The SMILES string of the molecule is CCC(C)NC(=S)NCCCn1nccc1C. The summed E-state index contributed by atoms with van der Waals surface area (Å²) in [6, 6.07) is 2.45. The van der Waals surface area contributed by atoms with Crippen molar-refractivity contribution in [2.24, 2.45) is 0 Å². The highest BCUT2D eigenvalue weighted by molar-refractivity contribution is 7.80. The highest BCUT2D eigenvalue weighted by Gasteiger charge is 2.01. The zero-order valence-electron chi connectivity index (χ0n) is 10.9. The first kappa shape index (κ1) is 14.0. The molecule has 1 heterocycles. The quantitative estimate of drug-likeness (QED) is 0.600. The van der Waals surface area contributed by atoms with E-state index in [1.807, 2.05) is 16.9 Å². The van der Waals surface area contributed by atoms with E-state index in [0.717, 1.165) is 31.0 Å². The van der Waals surface area contributed by atoms with Gasteiger partial charge in [-0.25, -0.2) is 0 Å². The maximum Gasteiger partial charge on any atom is 0.166 e. The average Bonchev–Trinajstić information content (AvgIpc) is 2.70. The summed E-state index contributed by atoms with van der Waals surface area (Å²) in [5.41, 5.74) is 1.20. The van der Waals surface area contributed by atoms with Gasteiger partial charge in [-0.2, -0.15) is 5.10 Å². The van der Waals surface area contributed by atoms with Gasteiger partial charge < -0.3 is 10.6 Å². The van der Waals surface area contributed by atoms with E-state index in [0.29, 0.717) is 6.04 Å². The molecule has 17 heavy (non-hydrogen) atoms. The molecule has 5 heteroatoms. The number of nitrogens with zero attached hydrogens (tertiary/aromatic N) is 2. The van der Waals surface area contributed by atoms with E-state index in [-0.39, 0.29) is 0 Å². The Morgan fingerprint density at radius 3 is 2.94 bits per heavy atom. The third-order valence-electron chi connectivity index (χ3n) is 2.75. The molecule has 0 bridgehead atoms. The molecule has 0 amide bonds. The van der Waals surface area contributed by atoms with Gasteiger partial charge in [0.2, 0.25) is 0 Å². The third kappa shape index (κ3) is 5.17. The van der Waals surface area contributed by atoms with Gasteiger partial charge in [0.25, 0.3) is 0 Å². The summed E-state index contributed by atoms with van der Waals surface area (Å²) in [5.74, 6) is 0. The van der Waals surface area contributed by atoms with Crippen LogP contribution in [0.4, 0.5) is 0 Å². The molecule has 1 unspecified atom stereocenters. The second-order valence-corrected chi connectivity index (χ2v) is 4.67. The van der Waals surface area contributed by atoms with Crippen LogP contribution in [0.3, 0.4) is 0 Å². The van der Waals surface area contributed by atoms with Gasteiger partial charge in [-0.1, -0.05) is 6.92 Å². The van der Waals surface area contributed by atoms with Crippen molar-refractivity contribution in [2.45, 2.75) is 46.2 Å². The average molecular weight is 254 g/mol. The molecule has 0 saturated heterocycles. The van der Waals surface area contributed by atoms with Crippen molar-refractivity contribution in [1.82, 2.24) is 20.4 Å². The molecule has 1 aromatic rings. The number of aromatic nitrogens is 2. The fraction of sp³-hybridized carbons (Fsp3) is 0.667. The third-order valence-corrected chi connectivity index (χ3v) is 3.01. The van der Waals surface area contributed by atoms with Gasteiger partial charge >= 0.3 is 0 Å². The van der Waals surface area contributed by atoms with Gasteiger partial charge in [-0.15, -0.1) is 0 Å². The molecular weight excluding hydrogens is 232 g/mol. The molecule has 0 spiro atoms. The van der Waals surface area contributed by atoms with Crippen molar-refractivity contribution in [3.05, 3.63) is 18.0 Å². The zero-order valence-corrected chi connectivity index (χ0v) is 11.7. The highest BCUT2D eigenvalue weighted by Crippen LogP contribution is 1.96. The van der Waals surface area contributed by atoms with E-state index < -0.39 is 0 Å². The summed E-state index contributed by atoms with van der Waals surface area (Å²) in [4.78, 5) is 0. The molecule has 96 valence electrons. The van der Waals surface area contributed by atoms with Crippen LogP contribution >= 0.6 is 12.2 Å². The predicted molar refractivity (Wildman–Crippen MR) is 75.1 cm³/mol. The Balaban J connectivity index is 2.12. The molecule has 0 aromatic carbocycles. The molecule has 0 aliphatic carbocycles. The number of thiocarbonyl (C=S) groups is 1. The van der Waals surface area contributed by atoms with Gasteiger partial charge in [0.05, 0.1) is 0 Å². The van der Waals surface area contributed by atoms with Crippen molar-refractivity contribution in [3.8, 4) is 0 Å². The Labute approximate surface area is 109 Å². The van der Waals surface area contributed by atoms with Crippen LogP contribution < -0.4 is 10.6 Å². The summed E-state index contributed by atoms with van der Waals surface area (Å²) in [6.45, 7) is 8.14. The molecule has 0 fully saturated rings. The van der Waals surface area contributed by atoms with Gasteiger partial charge in [-0.05, 0) is 45.0 Å². The minimum absolute atomic E-state index is 0.434. The molecule has 1 atom stereocenters. The van der Waals surface area contributed by atoms with Crippen LogP contribution in [-0.4, -0.2) is 27.5 Å². The minimum atomic E-state index is 0.434. The Bertz CT molecular complexity index is 348. The Hall–Kier alpha value is -1.10. The van der Waals surface area contributed by atoms with E-state index in [1.165, 1.54) is 5.69 Å². The normalized spacial score (nSPS) is 12.2. The van der Waals surface area contributed by atoms with Crippen LogP contribution in [0.1, 0.15) is 32.4 Å². The molecule has 2 N–H and O–H groups in total. The van der Waals surface area contributed by atoms with Crippen LogP contribution in [0, 0.1) is 6.92 Å². The monoisotopic (exact) mass is 254 g/mol. The topological polar surface area (TPSA) is 41.9 Å². The Morgan fingerprint density at radius 1 is 1.59 bits per heavy atom. The Kier molecular flexibility index (Phi) is 5.97. The van der Waals surface area contributed by atoms with Crippen LogP contribution in [0.25, 0.3) is 0 Å². The maximum absolute atomic E-state index is 5.19. The highest BCUT2D eigenvalue weighted by atomic mass is 32.1. The lowest BCUT2D eigenvalue weighted by molar-refractivity contribution is 0.556. The number of hydrogen-bond acceptors (Lipinski definition) is 2. The number of aryl methyl sites for hydroxylation is 2. The fourth-order valence-electron chi connectivity index (χ4n) is 1.44. The van der Waals surface area contributed by atoms with Gasteiger partial charge in [0.1, 0.15) is 0 Å². The number of hydrogen-bond donors (Lipinski definition) is 2. The molecule has 1 rings (SSSR count). The van der Waals surface area contributed by atoms with Gasteiger partial charge in [-0.3, -0.25) is 4.68 Å². The second kappa shape index (κ2) is 7.27. The minimum Gasteiger partial charge on any atom is -0.363 e. The van der Waals surface area contributed by atoms with Crippen molar-refractivity contribution in [2.75, 3.05) is 6.54 Å². The zero-order chi connectivity index (χ0) is 12.7. The van der Waals surface area contributed by atoms with E-state index in [9.17, 15) is 0 Å². The molecule has 0 saturated carbocycles. The van der Waals surface area contributed by atoms with Crippen molar-refractivity contribution in [1.29, 1.82) is 0 Å². The summed E-state index contributed by atoms with van der Waals surface area (Å²) < 4.78 is 2.01. The molecule has 0 aliphatic heterocycles. The number of nitrogens with one attached hydrogen (secondary N) is 2. The largest absolute Gasteiger partial charge is 0.363 e. The van der Waals surface area contributed by atoms with Crippen LogP contribution in [0.5, 0.6) is 0 Å². The lowest BCUT2D eigenvalue weighted by Gasteiger charge is -2.15. The summed E-state index contributed by atoms with van der Waals surface area (Å²) in [6.07, 6.45) is 3.93. The van der Waals surface area contributed by atoms with Crippen molar-refractivity contribution in [3.63, 3.8) is 0 Å². The first-order valence-electron chi connectivity index (χ1n) is 6.16. The van der Waals surface area contributed by atoms with Crippen molar-refractivity contribution < 1.29 is 0 Å². The molecule has 4 nitrogen and oxygen atoms in total. The first-order valence-corrected chi connectivity index (χ1v) is 6.57. The summed E-state index contributed by atoms with van der Waals surface area (Å²) in [7, 11) is 0. The predicted octanol–water partition coefficient (Wildman–Crippen LogP) is 1.84. The van der Waals surface area contributed by atoms with Gasteiger partial charge in [0, 0.05) is 31.0 Å². The molecule has 0 aliphatic rings. The molecule has 1 aromatic heterocycles. The Morgan fingerprint density at radius 2 is 2.35 bits per heavy atom. The van der Waals surface area contributed by atoms with E-state index >= 15 is 0 Å². The molecular formula is C12H22N4S. The molecule has 0 radical (unpaired) electrons. The smallest absolute Gasteiger partial charge is 0.166 e. The lowest BCUT2D eigenvalue weighted by Crippen LogP contribution is -2.40. The standard InChI is InChI=1S/C12H22N4S/c1-4-10(2)15-12(17)13-7-5-9-16-11(3)6-8-14-16/h6,8,10H,4-5,7,9H2,1-3H3,(H2,13,15,17). The summed E-state index contributed by atoms with van der Waals surface area (Å²) >= 11 is 5.19.